The first kappa shape index (κ1) is 12.4. The third-order valence-electron chi connectivity index (χ3n) is 3.00. The zero-order valence-electron chi connectivity index (χ0n) is 10.3. The van der Waals surface area contributed by atoms with Crippen LogP contribution < -0.4 is 0 Å². The third-order valence-corrected chi connectivity index (χ3v) is 4.40. The van der Waals surface area contributed by atoms with E-state index in [1.807, 2.05) is 37.3 Å². The molecule has 1 aromatic heterocycles. The van der Waals surface area contributed by atoms with Crippen LogP contribution in [0.5, 0.6) is 0 Å². The van der Waals surface area contributed by atoms with Gasteiger partial charge in [-0.25, -0.2) is 0 Å². The minimum Gasteiger partial charge on any atom is -0.298 e. The summed E-state index contributed by atoms with van der Waals surface area (Å²) in [5.74, 6) is 0. The monoisotopic (exact) mass is 286 g/mol. The molecule has 2 aromatic carbocycles. The van der Waals surface area contributed by atoms with Crippen molar-refractivity contribution in [3.05, 3.63) is 58.6 Å². The standard InChI is InChI=1S/C16H11ClOS/c1-10-4-11(9-18)6-12(5-10)16-8-13-7-14(17)2-3-15(13)19-16/h2-9H,1H3. The van der Waals surface area contributed by atoms with Crippen molar-refractivity contribution < 1.29 is 4.79 Å². The maximum atomic E-state index is 10.9. The molecule has 0 saturated heterocycles. The Morgan fingerprint density at radius 3 is 2.74 bits per heavy atom. The van der Waals surface area contributed by atoms with E-state index in [2.05, 4.69) is 12.1 Å². The van der Waals surface area contributed by atoms with Crippen LogP contribution >= 0.6 is 22.9 Å². The summed E-state index contributed by atoms with van der Waals surface area (Å²) in [6, 6.07) is 13.9. The summed E-state index contributed by atoms with van der Waals surface area (Å²) in [7, 11) is 0. The topological polar surface area (TPSA) is 17.1 Å². The number of rotatable bonds is 2. The van der Waals surface area contributed by atoms with Crippen LogP contribution in [0.15, 0.2) is 42.5 Å². The largest absolute Gasteiger partial charge is 0.298 e. The Morgan fingerprint density at radius 1 is 1.11 bits per heavy atom. The van der Waals surface area contributed by atoms with Crippen molar-refractivity contribution in [1.82, 2.24) is 0 Å². The molecule has 0 bridgehead atoms. The summed E-state index contributed by atoms with van der Waals surface area (Å²) in [4.78, 5) is 12.1. The van der Waals surface area contributed by atoms with Gasteiger partial charge in [0.2, 0.25) is 0 Å². The van der Waals surface area contributed by atoms with Gasteiger partial charge in [-0.3, -0.25) is 4.79 Å². The summed E-state index contributed by atoms with van der Waals surface area (Å²) in [6.45, 7) is 2.00. The minimum atomic E-state index is 0.713. The summed E-state index contributed by atoms with van der Waals surface area (Å²) in [5, 5.41) is 1.89. The Hall–Kier alpha value is -1.64. The molecule has 19 heavy (non-hydrogen) atoms. The van der Waals surface area contributed by atoms with Crippen molar-refractivity contribution in [3.8, 4) is 10.4 Å². The second-order valence-corrected chi connectivity index (χ2v) is 6.06. The lowest BCUT2D eigenvalue weighted by atomic mass is 10.1. The van der Waals surface area contributed by atoms with E-state index in [9.17, 15) is 4.79 Å². The highest BCUT2D eigenvalue weighted by Crippen LogP contribution is 2.35. The van der Waals surface area contributed by atoms with Crippen LogP contribution in [-0.2, 0) is 0 Å². The molecule has 0 aliphatic heterocycles. The lowest BCUT2D eigenvalue weighted by Gasteiger charge is -2.01. The first-order chi connectivity index (χ1) is 9.15. The molecule has 0 unspecified atom stereocenters. The summed E-state index contributed by atoms with van der Waals surface area (Å²) < 4.78 is 1.20. The molecule has 3 heteroatoms. The minimum absolute atomic E-state index is 0.713. The third kappa shape index (κ3) is 2.42. The fourth-order valence-electron chi connectivity index (χ4n) is 2.18. The molecule has 0 atom stereocenters. The van der Waals surface area contributed by atoms with Crippen LogP contribution in [0.2, 0.25) is 5.02 Å². The van der Waals surface area contributed by atoms with Gasteiger partial charge in [0, 0.05) is 20.2 Å². The van der Waals surface area contributed by atoms with E-state index in [0.29, 0.717) is 5.56 Å². The average molecular weight is 287 g/mol. The number of carbonyl (C=O) groups excluding carboxylic acids is 1. The van der Waals surface area contributed by atoms with Gasteiger partial charge < -0.3 is 0 Å². The van der Waals surface area contributed by atoms with Crippen LogP contribution in [-0.4, -0.2) is 6.29 Å². The van der Waals surface area contributed by atoms with Gasteiger partial charge >= 0.3 is 0 Å². The molecule has 1 heterocycles. The lowest BCUT2D eigenvalue weighted by Crippen LogP contribution is -1.83. The van der Waals surface area contributed by atoms with Gasteiger partial charge in [-0.1, -0.05) is 17.7 Å². The van der Waals surface area contributed by atoms with Crippen LogP contribution in [0.1, 0.15) is 15.9 Å². The summed E-state index contributed by atoms with van der Waals surface area (Å²) >= 11 is 7.72. The highest BCUT2D eigenvalue weighted by molar-refractivity contribution is 7.22. The lowest BCUT2D eigenvalue weighted by molar-refractivity contribution is 0.112. The van der Waals surface area contributed by atoms with E-state index >= 15 is 0 Å². The maximum Gasteiger partial charge on any atom is 0.150 e. The van der Waals surface area contributed by atoms with E-state index in [4.69, 9.17) is 11.6 Å². The molecular formula is C16H11ClOS. The van der Waals surface area contributed by atoms with Gasteiger partial charge in [-0.05, 0) is 59.8 Å². The number of thiophene rings is 1. The van der Waals surface area contributed by atoms with Gasteiger partial charge in [-0.2, -0.15) is 0 Å². The number of halogens is 1. The van der Waals surface area contributed by atoms with Gasteiger partial charge in [-0.15, -0.1) is 11.3 Å². The predicted molar refractivity (Wildman–Crippen MR) is 82.4 cm³/mol. The molecular weight excluding hydrogens is 276 g/mol. The molecule has 0 spiro atoms. The predicted octanol–water partition coefficient (Wildman–Crippen LogP) is 5.34. The first-order valence-corrected chi connectivity index (χ1v) is 7.11. The van der Waals surface area contributed by atoms with Gasteiger partial charge in [0.1, 0.15) is 6.29 Å². The maximum absolute atomic E-state index is 10.9. The zero-order chi connectivity index (χ0) is 13.4. The van der Waals surface area contributed by atoms with E-state index in [-0.39, 0.29) is 0 Å². The molecule has 0 saturated carbocycles. The van der Waals surface area contributed by atoms with Crippen molar-refractivity contribution in [3.63, 3.8) is 0 Å². The molecule has 0 N–H and O–H groups in total. The van der Waals surface area contributed by atoms with Gasteiger partial charge in [0.25, 0.3) is 0 Å². The Bertz CT molecular complexity index is 774. The second kappa shape index (κ2) is 4.80. The zero-order valence-corrected chi connectivity index (χ0v) is 11.9. The molecule has 0 amide bonds. The number of carbonyl (C=O) groups is 1. The molecule has 3 aromatic rings. The molecule has 1 nitrogen and oxygen atoms in total. The summed E-state index contributed by atoms with van der Waals surface area (Å²) in [6.07, 6.45) is 0.890. The SMILES string of the molecule is Cc1cc(C=O)cc(-c2cc3cc(Cl)ccc3s2)c1. The Labute approximate surface area is 120 Å². The highest BCUT2D eigenvalue weighted by Gasteiger charge is 2.06. The molecule has 94 valence electrons. The van der Waals surface area contributed by atoms with E-state index < -0.39 is 0 Å². The van der Waals surface area contributed by atoms with Crippen molar-refractivity contribution in [2.24, 2.45) is 0 Å². The summed E-state index contributed by atoms with van der Waals surface area (Å²) in [5.41, 5.74) is 2.89. The van der Waals surface area contributed by atoms with Crippen LogP contribution in [0.3, 0.4) is 0 Å². The van der Waals surface area contributed by atoms with E-state index in [0.717, 1.165) is 32.7 Å². The fourth-order valence-corrected chi connectivity index (χ4v) is 3.39. The van der Waals surface area contributed by atoms with E-state index in [1.54, 1.807) is 11.3 Å². The van der Waals surface area contributed by atoms with Crippen molar-refractivity contribution in [1.29, 1.82) is 0 Å². The van der Waals surface area contributed by atoms with Crippen LogP contribution in [0, 0.1) is 6.92 Å². The molecule has 0 aliphatic carbocycles. The number of aryl methyl sites for hydroxylation is 1. The van der Waals surface area contributed by atoms with Crippen molar-refractivity contribution in [2.45, 2.75) is 6.92 Å². The van der Waals surface area contributed by atoms with Crippen LogP contribution in [0.4, 0.5) is 0 Å². The Balaban J connectivity index is 2.18. The molecule has 0 radical (unpaired) electrons. The normalized spacial score (nSPS) is 10.8. The van der Waals surface area contributed by atoms with Crippen molar-refractivity contribution in [2.75, 3.05) is 0 Å². The number of fused-ring (bicyclic) bond motifs is 1. The van der Waals surface area contributed by atoms with Crippen LogP contribution in [0.25, 0.3) is 20.5 Å². The van der Waals surface area contributed by atoms with Crippen molar-refractivity contribution >= 4 is 39.3 Å². The Morgan fingerprint density at radius 2 is 1.95 bits per heavy atom. The van der Waals surface area contributed by atoms with Gasteiger partial charge in [0.05, 0.1) is 0 Å². The smallest absolute Gasteiger partial charge is 0.150 e. The first-order valence-electron chi connectivity index (χ1n) is 5.92. The number of aldehydes is 1. The average Bonchev–Trinajstić information content (AvgIpc) is 2.80. The second-order valence-electron chi connectivity index (χ2n) is 4.54. The number of hydrogen-bond acceptors (Lipinski definition) is 2. The molecule has 0 fully saturated rings. The van der Waals surface area contributed by atoms with E-state index in [1.165, 1.54) is 4.70 Å². The molecule has 0 aliphatic rings. The Kier molecular flexibility index (Phi) is 3.13. The fraction of sp³-hybridized carbons (Fsp3) is 0.0625. The number of hydrogen-bond donors (Lipinski definition) is 0. The van der Waals surface area contributed by atoms with Gasteiger partial charge in [0.15, 0.2) is 0 Å². The number of benzene rings is 2. The highest BCUT2D eigenvalue weighted by atomic mass is 35.5. The molecule has 3 rings (SSSR count). The quantitative estimate of drug-likeness (QED) is 0.581.